The molecule has 1 heteroatoms. The average Bonchev–Trinajstić information content (AvgIpc) is 2.65. The predicted molar refractivity (Wildman–Crippen MR) is 53.5 cm³/mol. The molecule has 0 aliphatic heterocycles. The third-order valence-electron chi connectivity index (χ3n) is 3.90. The Labute approximate surface area is 80.9 Å². The van der Waals surface area contributed by atoms with Gasteiger partial charge in [0.1, 0.15) is 5.78 Å². The molecule has 3 unspecified atom stereocenters. The third-order valence-corrected chi connectivity index (χ3v) is 3.90. The van der Waals surface area contributed by atoms with E-state index in [-0.39, 0.29) is 0 Å². The van der Waals surface area contributed by atoms with Crippen LogP contribution in [0.4, 0.5) is 0 Å². The summed E-state index contributed by atoms with van der Waals surface area (Å²) in [5, 5.41) is 0. The van der Waals surface area contributed by atoms with Gasteiger partial charge in [-0.15, -0.1) is 0 Å². The van der Waals surface area contributed by atoms with Crippen molar-refractivity contribution in [1.29, 1.82) is 0 Å². The first-order valence-electron chi connectivity index (χ1n) is 5.81. The van der Waals surface area contributed by atoms with Gasteiger partial charge in [0.15, 0.2) is 0 Å². The van der Waals surface area contributed by atoms with E-state index in [1.54, 1.807) is 0 Å². The molecule has 74 valence electrons. The molecule has 13 heavy (non-hydrogen) atoms. The molecule has 2 aliphatic rings. The lowest BCUT2D eigenvalue weighted by Crippen LogP contribution is -2.14. The van der Waals surface area contributed by atoms with E-state index in [1.165, 1.54) is 25.7 Å². The molecule has 0 spiro atoms. The standard InChI is InChI=1S/C12H20O/c1-2-3-12(13)8-11-7-9-4-5-10(11)6-9/h9-11H,2-8H2,1H3. The van der Waals surface area contributed by atoms with E-state index < -0.39 is 0 Å². The van der Waals surface area contributed by atoms with Gasteiger partial charge in [0, 0.05) is 12.8 Å². The molecule has 0 aromatic rings. The number of rotatable bonds is 4. The second-order valence-electron chi connectivity index (χ2n) is 4.93. The van der Waals surface area contributed by atoms with Crippen molar-refractivity contribution in [3.05, 3.63) is 0 Å². The first-order valence-corrected chi connectivity index (χ1v) is 5.81. The Bertz CT molecular complexity index is 197. The van der Waals surface area contributed by atoms with E-state index in [4.69, 9.17) is 0 Å². The van der Waals surface area contributed by atoms with Gasteiger partial charge in [-0.05, 0) is 43.4 Å². The largest absolute Gasteiger partial charge is 0.300 e. The van der Waals surface area contributed by atoms with Gasteiger partial charge in [-0.3, -0.25) is 4.79 Å². The second kappa shape index (κ2) is 3.81. The maximum absolute atomic E-state index is 11.5. The number of Topliss-reactive ketones (excluding diaryl/α,β-unsaturated/α-hetero) is 1. The Hall–Kier alpha value is -0.330. The van der Waals surface area contributed by atoms with Crippen LogP contribution in [0.3, 0.4) is 0 Å². The molecular weight excluding hydrogens is 160 g/mol. The van der Waals surface area contributed by atoms with Gasteiger partial charge in [-0.1, -0.05) is 13.3 Å². The molecule has 2 rings (SSSR count). The Morgan fingerprint density at radius 3 is 2.69 bits per heavy atom. The molecule has 2 bridgehead atoms. The molecule has 2 aliphatic carbocycles. The molecule has 0 aromatic heterocycles. The van der Waals surface area contributed by atoms with Crippen LogP contribution in [0.5, 0.6) is 0 Å². The van der Waals surface area contributed by atoms with Gasteiger partial charge >= 0.3 is 0 Å². The number of hydrogen-bond acceptors (Lipinski definition) is 1. The van der Waals surface area contributed by atoms with Crippen LogP contribution >= 0.6 is 0 Å². The minimum Gasteiger partial charge on any atom is -0.300 e. The van der Waals surface area contributed by atoms with Crippen molar-refractivity contribution in [1.82, 2.24) is 0 Å². The van der Waals surface area contributed by atoms with Crippen molar-refractivity contribution in [2.24, 2.45) is 17.8 Å². The van der Waals surface area contributed by atoms with E-state index in [0.29, 0.717) is 5.78 Å². The summed E-state index contributed by atoms with van der Waals surface area (Å²) in [4.78, 5) is 11.5. The zero-order valence-corrected chi connectivity index (χ0v) is 8.59. The molecule has 0 saturated heterocycles. The van der Waals surface area contributed by atoms with Crippen molar-refractivity contribution >= 4 is 5.78 Å². The minimum absolute atomic E-state index is 0.514. The number of carbonyl (C=O) groups is 1. The SMILES string of the molecule is CCCC(=O)CC1CC2CCC1C2. The molecule has 0 radical (unpaired) electrons. The van der Waals surface area contributed by atoms with Crippen LogP contribution in [0.15, 0.2) is 0 Å². The maximum Gasteiger partial charge on any atom is 0.133 e. The van der Waals surface area contributed by atoms with E-state index in [0.717, 1.165) is 37.0 Å². The molecule has 0 N–H and O–H groups in total. The maximum atomic E-state index is 11.5. The summed E-state index contributed by atoms with van der Waals surface area (Å²) in [6.45, 7) is 2.10. The summed E-state index contributed by atoms with van der Waals surface area (Å²) in [6.07, 6.45) is 8.39. The van der Waals surface area contributed by atoms with Crippen LogP contribution in [0.2, 0.25) is 0 Å². The number of fused-ring (bicyclic) bond motifs is 2. The number of hydrogen-bond donors (Lipinski definition) is 0. The highest BCUT2D eigenvalue weighted by atomic mass is 16.1. The van der Waals surface area contributed by atoms with Crippen molar-refractivity contribution in [2.75, 3.05) is 0 Å². The normalized spacial score (nSPS) is 36.8. The van der Waals surface area contributed by atoms with Crippen molar-refractivity contribution in [3.63, 3.8) is 0 Å². The van der Waals surface area contributed by atoms with Gasteiger partial charge in [0.05, 0.1) is 0 Å². The molecular formula is C12H20O. The van der Waals surface area contributed by atoms with Gasteiger partial charge in [0.25, 0.3) is 0 Å². The van der Waals surface area contributed by atoms with Gasteiger partial charge < -0.3 is 0 Å². The summed E-state index contributed by atoms with van der Waals surface area (Å²) in [7, 11) is 0. The van der Waals surface area contributed by atoms with Crippen molar-refractivity contribution in [3.8, 4) is 0 Å². The quantitative estimate of drug-likeness (QED) is 0.649. The molecule has 2 saturated carbocycles. The van der Waals surface area contributed by atoms with Crippen LogP contribution in [0.25, 0.3) is 0 Å². The first-order chi connectivity index (χ1) is 6.29. The summed E-state index contributed by atoms with van der Waals surface area (Å²) < 4.78 is 0. The molecule has 0 amide bonds. The molecule has 3 atom stereocenters. The van der Waals surface area contributed by atoms with E-state index >= 15 is 0 Å². The fourth-order valence-corrected chi connectivity index (χ4v) is 3.30. The van der Waals surface area contributed by atoms with Gasteiger partial charge in [-0.25, -0.2) is 0 Å². The Morgan fingerprint density at radius 1 is 1.31 bits per heavy atom. The minimum atomic E-state index is 0.514. The lowest BCUT2D eigenvalue weighted by molar-refractivity contribution is -0.120. The summed E-state index contributed by atoms with van der Waals surface area (Å²) in [6, 6.07) is 0. The van der Waals surface area contributed by atoms with E-state index in [1.807, 2.05) is 0 Å². The second-order valence-corrected chi connectivity index (χ2v) is 4.93. The van der Waals surface area contributed by atoms with Gasteiger partial charge in [-0.2, -0.15) is 0 Å². The monoisotopic (exact) mass is 180 g/mol. The predicted octanol–water partition coefficient (Wildman–Crippen LogP) is 3.18. The lowest BCUT2D eigenvalue weighted by atomic mass is 9.85. The van der Waals surface area contributed by atoms with Crippen LogP contribution in [0, 0.1) is 17.8 Å². The van der Waals surface area contributed by atoms with Crippen LogP contribution in [-0.4, -0.2) is 5.78 Å². The van der Waals surface area contributed by atoms with E-state index in [2.05, 4.69) is 6.92 Å². The summed E-state index contributed by atoms with van der Waals surface area (Å²) in [5.41, 5.74) is 0. The van der Waals surface area contributed by atoms with Crippen LogP contribution in [0.1, 0.15) is 51.9 Å². The third kappa shape index (κ3) is 1.95. The molecule has 1 nitrogen and oxygen atoms in total. The Balaban J connectivity index is 1.79. The fraction of sp³-hybridized carbons (Fsp3) is 0.917. The van der Waals surface area contributed by atoms with E-state index in [9.17, 15) is 4.79 Å². The highest BCUT2D eigenvalue weighted by molar-refractivity contribution is 5.78. The molecule has 0 heterocycles. The summed E-state index contributed by atoms with van der Waals surface area (Å²) in [5.74, 6) is 3.20. The average molecular weight is 180 g/mol. The topological polar surface area (TPSA) is 17.1 Å². The van der Waals surface area contributed by atoms with Crippen molar-refractivity contribution in [2.45, 2.75) is 51.9 Å². The molecule has 2 fully saturated rings. The lowest BCUT2D eigenvalue weighted by Gasteiger charge is -2.20. The molecule has 0 aromatic carbocycles. The van der Waals surface area contributed by atoms with Crippen LogP contribution < -0.4 is 0 Å². The zero-order chi connectivity index (χ0) is 9.26. The highest BCUT2D eigenvalue weighted by Crippen LogP contribution is 2.49. The summed E-state index contributed by atoms with van der Waals surface area (Å²) >= 11 is 0. The van der Waals surface area contributed by atoms with Crippen LogP contribution in [-0.2, 0) is 4.79 Å². The van der Waals surface area contributed by atoms with Crippen molar-refractivity contribution < 1.29 is 4.79 Å². The highest BCUT2D eigenvalue weighted by Gasteiger charge is 2.39. The Morgan fingerprint density at radius 2 is 2.15 bits per heavy atom. The Kier molecular flexibility index (Phi) is 2.71. The fourth-order valence-electron chi connectivity index (χ4n) is 3.30. The number of carbonyl (C=O) groups excluding carboxylic acids is 1. The zero-order valence-electron chi connectivity index (χ0n) is 8.59. The van der Waals surface area contributed by atoms with Gasteiger partial charge in [0.2, 0.25) is 0 Å². The smallest absolute Gasteiger partial charge is 0.133 e. The number of ketones is 1. The first kappa shape index (κ1) is 9.23.